The predicted octanol–water partition coefficient (Wildman–Crippen LogP) is 1.37. The molecule has 0 amide bonds. The molecule has 2 rings (SSSR count). The predicted molar refractivity (Wildman–Crippen MR) is 61.4 cm³/mol. The van der Waals surface area contributed by atoms with Crippen LogP contribution in [0.4, 0.5) is 0 Å². The van der Waals surface area contributed by atoms with E-state index < -0.39 is 0 Å². The molecule has 1 aromatic heterocycles. The van der Waals surface area contributed by atoms with Crippen molar-refractivity contribution in [2.24, 2.45) is 0 Å². The Bertz CT molecular complexity index is 604. The molecule has 5 heteroatoms. The maximum absolute atomic E-state index is 11.6. The van der Waals surface area contributed by atoms with Crippen molar-refractivity contribution in [2.75, 3.05) is 0 Å². The van der Waals surface area contributed by atoms with Gasteiger partial charge in [-0.2, -0.15) is 0 Å². The number of aromatic amines is 1. The van der Waals surface area contributed by atoms with Crippen molar-refractivity contribution < 1.29 is 5.11 Å². The number of aromatic hydroxyl groups is 1. The van der Waals surface area contributed by atoms with Gasteiger partial charge >= 0.3 is 0 Å². The van der Waals surface area contributed by atoms with E-state index in [-0.39, 0.29) is 16.8 Å². The lowest BCUT2D eigenvalue weighted by atomic mass is 10.2. The minimum absolute atomic E-state index is 0.0175. The molecule has 2 aromatic rings. The third kappa shape index (κ3) is 1.61. The van der Waals surface area contributed by atoms with E-state index in [1.807, 2.05) is 0 Å². The van der Waals surface area contributed by atoms with Crippen LogP contribution < -0.4 is 5.56 Å². The molecule has 0 spiro atoms. The van der Waals surface area contributed by atoms with Crippen LogP contribution in [0, 0.1) is 0 Å². The molecule has 4 nitrogen and oxygen atoms in total. The number of H-pyrrole nitrogens is 1. The molecule has 1 heterocycles. The normalized spacial score (nSPS) is 10.5. The second kappa shape index (κ2) is 3.43. The lowest BCUT2D eigenvalue weighted by Gasteiger charge is -2.02. The van der Waals surface area contributed by atoms with Gasteiger partial charge in [0.25, 0.3) is 5.56 Å². The lowest BCUT2D eigenvalue weighted by Crippen LogP contribution is -2.13. The van der Waals surface area contributed by atoms with Crippen molar-refractivity contribution in [2.45, 2.75) is 6.92 Å². The Morgan fingerprint density at radius 2 is 2.27 bits per heavy atom. The highest BCUT2D eigenvalue weighted by Crippen LogP contribution is 2.18. The SMILES string of the molecule is CC(=S)c1nc2c(O)cccc2c(=O)[nH]1. The van der Waals surface area contributed by atoms with Gasteiger partial charge in [0.1, 0.15) is 17.1 Å². The smallest absolute Gasteiger partial charge is 0.259 e. The van der Waals surface area contributed by atoms with Crippen LogP contribution in [0.3, 0.4) is 0 Å². The monoisotopic (exact) mass is 220 g/mol. The molecule has 0 aliphatic carbocycles. The summed E-state index contributed by atoms with van der Waals surface area (Å²) >= 11 is 4.91. The molecule has 2 N–H and O–H groups in total. The number of hydrogen-bond donors (Lipinski definition) is 2. The second-order valence-electron chi connectivity index (χ2n) is 3.14. The summed E-state index contributed by atoms with van der Waals surface area (Å²) < 4.78 is 0. The fraction of sp³-hybridized carbons (Fsp3) is 0.100. The van der Waals surface area contributed by atoms with E-state index in [1.165, 1.54) is 6.07 Å². The van der Waals surface area contributed by atoms with Crippen molar-refractivity contribution in [1.82, 2.24) is 9.97 Å². The Hall–Kier alpha value is -1.75. The zero-order valence-corrected chi connectivity index (χ0v) is 8.76. The first-order valence-electron chi connectivity index (χ1n) is 4.32. The fourth-order valence-electron chi connectivity index (χ4n) is 1.31. The number of phenols is 1. The second-order valence-corrected chi connectivity index (χ2v) is 3.76. The van der Waals surface area contributed by atoms with Crippen molar-refractivity contribution in [3.63, 3.8) is 0 Å². The molecule has 0 saturated carbocycles. The lowest BCUT2D eigenvalue weighted by molar-refractivity contribution is 0.480. The van der Waals surface area contributed by atoms with Gasteiger partial charge in [-0.25, -0.2) is 4.98 Å². The molecule has 0 saturated heterocycles. The average Bonchev–Trinajstić information content (AvgIpc) is 2.19. The maximum atomic E-state index is 11.6. The van der Waals surface area contributed by atoms with Crippen LogP contribution in [0.15, 0.2) is 23.0 Å². The minimum Gasteiger partial charge on any atom is -0.506 e. The summed E-state index contributed by atoms with van der Waals surface area (Å²) in [7, 11) is 0. The zero-order chi connectivity index (χ0) is 11.0. The standard InChI is InChI=1S/C10H8N2O2S/c1-5(15)9-11-8-6(10(14)12-9)3-2-4-7(8)13/h2-4,13H,1H3,(H,11,12,14). The van der Waals surface area contributed by atoms with Crippen LogP contribution in [-0.4, -0.2) is 19.9 Å². The topological polar surface area (TPSA) is 66.0 Å². The van der Waals surface area contributed by atoms with Crippen molar-refractivity contribution >= 4 is 28.0 Å². The van der Waals surface area contributed by atoms with Gasteiger partial charge < -0.3 is 10.1 Å². The van der Waals surface area contributed by atoms with Gasteiger partial charge in [-0.15, -0.1) is 0 Å². The number of phenolic OH excluding ortho intramolecular Hbond substituents is 1. The summed E-state index contributed by atoms with van der Waals surface area (Å²) in [5, 5.41) is 9.90. The Labute approximate surface area is 90.6 Å². The van der Waals surface area contributed by atoms with Crippen molar-refractivity contribution in [1.29, 1.82) is 0 Å². The number of fused-ring (bicyclic) bond motifs is 1. The summed E-state index contributed by atoms with van der Waals surface area (Å²) in [6.07, 6.45) is 0. The van der Waals surface area contributed by atoms with Crippen LogP contribution in [-0.2, 0) is 0 Å². The number of thiocarbonyl (C=S) groups is 1. The van der Waals surface area contributed by atoms with Crippen molar-refractivity contribution in [3.05, 3.63) is 34.4 Å². The molecule has 0 atom stereocenters. The number of benzene rings is 1. The molecule has 0 radical (unpaired) electrons. The third-order valence-corrected chi connectivity index (χ3v) is 2.24. The van der Waals surface area contributed by atoms with E-state index >= 15 is 0 Å². The summed E-state index contributed by atoms with van der Waals surface area (Å²) in [6, 6.07) is 4.68. The van der Waals surface area contributed by atoms with Gasteiger partial charge in [0.05, 0.1) is 10.3 Å². The first-order chi connectivity index (χ1) is 7.09. The highest BCUT2D eigenvalue weighted by Gasteiger charge is 2.07. The number of nitrogens with one attached hydrogen (secondary N) is 1. The Balaban J connectivity index is 2.92. The summed E-state index contributed by atoms with van der Waals surface area (Å²) in [5.41, 5.74) is -0.0180. The number of para-hydroxylation sites is 1. The van der Waals surface area contributed by atoms with E-state index in [0.717, 1.165) is 0 Å². The largest absolute Gasteiger partial charge is 0.506 e. The van der Waals surface area contributed by atoms with Gasteiger partial charge in [0.15, 0.2) is 0 Å². The molecule has 0 aliphatic rings. The molecular formula is C10H8N2O2S. The minimum atomic E-state index is -0.296. The highest BCUT2D eigenvalue weighted by atomic mass is 32.1. The molecule has 0 unspecified atom stereocenters. The number of rotatable bonds is 1. The van der Waals surface area contributed by atoms with Crippen LogP contribution in [0.1, 0.15) is 12.7 Å². The van der Waals surface area contributed by atoms with Gasteiger partial charge in [-0.05, 0) is 19.1 Å². The summed E-state index contributed by atoms with van der Waals surface area (Å²) in [5.74, 6) is 0.306. The molecular weight excluding hydrogens is 212 g/mol. The van der Waals surface area contributed by atoms with Gasteiger partial charge in [-0.1, -0.05) is 18.3 Å². The first kappa shape index (κ1) is 9.79. The molecule has 1 aromatic carbocycles. The number of aromatic nitrogens is 2. The van der Waals surface area contributed by atoms with E-state index in [9.17, 15) is 9.90 Å². The van der Waals surface area contributed by atoms with E-state index in [1.54, 1.807) is 19.1 Å². The van der Waals surface area contributed by atoms with Gasteiger partial charge in [-0.3, -0.25) is 4.79 Å². The highest BCUT2D eigenvalue weighted by molar-refractivity contribution is 7.80. The molecule has 15 heavy (non-hydrogen) atoms. The molecule has 76 valence electrons. The molecule has 0 bridgehead atoms. The summed E-state index contributed by atoms with van der Waals surface area (Å²) in [4.78, 5) is 18.7. The first-order valence-corrected chi connectivity index (χ1v) is 4.73. The van der Waals surface area contributed by atoms with E-state index in [4.69, 9.17) is 12.2 Å². The Morgan fingerprint density at radius 3 is 2.93 bits per heavy atom. The molecule has 0 aliphatic heterocycles. The number of nitrogens with zero attached hydrogens (tertiary/aromatic N) is 1. The number of hydrogen-bond acceptors (Lipinski definition) is 4. The van der Waals surface area contributed by atoms with Crippen LogP contribution >= 0.6 is 12.2 Å². The molecule has 0 fully saturated rings. The average molecular weight is 220 g/mol. The maximum Gasteiger partial charge on any atom is 0.259 e. The van der Waals surface area contributed by atoms with E-state index in [2.05, 4.69) is 9.97 Å². The van der Waals surface area contributed by atoms with E-state index in [0.29, 0.717) is 16.1 Å². The zero-order valence-electron chi connectivity index (χ0n) is 7.94. The van der Waals surface area contributed by atoms with Crippen molar-refractivity contribution in [3.8, 4) is 5.75 Å². The Morgan fingerprint density at radius 1 is 1.53 bits per heavy atom. The van der Waals surface area contributed by atoms with Crippen LogP contribution in [0.25, 0.3) is 10.9 Å². The van der Waals surface area contributed by atoms with Crippen LogP contribution in [0.5, 0.6) is 5.75 Å². The van der Waals surface area contributed by atoms with Gasteiger partial charge in [0, 0.05) is 0 Å². The fourth-order valence-corrected chi connectivity index (χ4v) is 1.41. The summed E-state index contributed by atoms with van der Waals surface area (Å²) in [6.45, 7) is 1.67. The quantitative estimate of drug-likeness (QED) is 0.562. The Kier molecular flexibility index (Phi) is 2.24. The third-order valence-electron chi connectivity index (χ3n) is 2.05. The van der Waals surface area contributed by atoms with Crippen LogP contribution in [0.2, 0.25) is 0 Å². The van der Waals surface area contributed by atoms with Gasteiger partial charge in [0.2, 0.25) is 0 Å².